The Morgan fingerprint density at radius 3 is 2.50 bits per heavy atom. The van der Waals surface area contributed by atoms with Gasteiger partial charge in [0.2, 0.25) is 5.91 Å². The van der Waals surface area contributed by atoms with Crippen LogP contribution in [-0.2, 0) is 11.2 Å². The first-order valence-corrected chi connectivity index (χ1v) is 7.83. The van der Waals surface area contributed by atoms with Crippen LogP contribution in [0.3, 0.4) is 0 Å². The molecule has 0 radical (unpaired) electrons. The van der Waals surface area contributed by atoms with E-state index in [0.29, 0.717) is 6.42 Å². The molecule has 2 aromatic rings. The molecule has 0 bridgehead atoms. The standard InChI is InChI=1S/C19H27NO2/c1-13-7-8-15-14(11-22-16(15)9-13)10-17(21)20-19(5,6)12-18(2,3)4/h7-9,11H,10,12H2,1-6H3,(H,20,21). The number of carbonyl (C=O) groups is 1. The van der Waals surface area contributed by atoms with E-state index in [1.165, 1.54) is 0 Å². The van der Waals surface area contributed by atoms with Crippen molar-refractivity contribution in [2.24, 2.45) is 5.41 Å². The number of aryl methyl sites for hydroxylation is 1. The molecule has 0 unspecified atom stereocenters. The highest BCUT2D eigenvalue weighted by atomic mass is 16.3. The number of furan rings is 1. The van der Waals surface area contributed by atoms with Crippen molar-refractivity contribution >= 4 is 16.9 Å². The van der Waals surface area contributed by atoms with Gasteiger partial charge in [-0.25, -0.2) is 0 Å². The van der Waals surface area contributed by atoms with Gasteiger partial charge in [-0.1, -0.05) is 32.9 Å². The van der Waals surface area contributed by atoms with Gasteiger partial charge in [0.25, 0.3) is 0 Å². The quantitative estimate of drug-likeness (QED) is 0.895. The van der Waals surface area contributed by atoms with Gasteiger partial charge >= 0.3 is 0 Å². The summed E-state index contributed by atoms with van der Waals surface area (Å²) in [6.45, 7) is 12.7. The van der Waals surface area contributed by atoms with Gasteiger partial charge in [0.05, 0.1) is 12.7 Å². The maximum Gasteiger partial charge on any atom is 0.224 e. The number of amides is 1. The highest BCUT2D eigenvalue weighted by molar-refractivity contribution is 5.88. The Balaban J connectivity index is 2.08. The Morgan fingerprint density at radius 2 is 1.86 bits per heavy atom. The molecule has 1 heterocycles. The molecule has 0 aliphatic rings. The molecular weight excluding hydrogens is 274 g/mol. The van der Waals surface area contributed by atoms with Gasteiger partial charge in [0, 0.05) is 16.5 Å². The van der Waals surface area contributed by atoms with Crippen LogP contribution in [0.15, 0.2) is 28.9 Å². The molecule has 22 heavy (non-hydrogen) atoms. The smallest absolute Gasteiger partial charge is 0.224 e. The molecule has 0 atom stereocenters. The van der Waals surface area contributed by atoms with E-state index in [4.69, 9.17) is 4.42 Å². The molecule has 3 nitrogen and oxygen atoms in total. The average molecular weight is 301 g/mol. The summed E-state index contributed by atoms with van der Waals surface area (Å²) in [7, 11) is 0. The zero-order chi connectivity index (χ0) is 16.5. The van der Waals surface area contributed by atoms with Crippen molar-refractivity contribution in [3.8, 4) is 0 Å². The van der Waals surface area contributed by atoms with Gasteiger partial charge < -0.3 is 9.73 Å². The Morgan fingerprint density at radius 1 is 1.18 bits per heavy atom. The van der Waals surface area contributed by atoms with Crippen LogP contribution in [0.4, 0.5) is 0 Å². The number of fused-ring (bicyclic) bond motifs is 1. The van der Waals surface area contributed by atoms with E-state index in [-0.39, 0.29) is 16.9 Å². The lowest BCUT2D eigenvalue weighted by molar-refractivity contribution is -0.122. The molecule has 0 saturated carbocycles. The summed E-state index contributed by atoms with van der Waals surface area (Å²) in [6.07, 6.45) is 2.97. The van der Waals surface area contributed by atoms with Crippen molar-refractivity contribution in [1.82, 2.24) is 5.32 Å². The fourth-order valence-corrected chi connectivity index (χ4v) is 3.29. The highest BCUT2D eigenvalue weighted by Gasteiger charge is 2.27. The first-order chi connectivity index (χ1) is 10.1. The third-order valence-corrected chi connectivity index (χ3v) is 3.61. The van der Waals surface area contributed by atoms with Crippen LogP contribution < -0.4 is 5.32 Å². The molecular formula is C19H27NO2. The highest BCUT2D eigenvalue weighted by Crippen LogP contribution is 2.27. The van der Waals surface area contributed by atoms with Gasteiger partial charge in [-0.2, -0.15) is 0 Å². The zero-order valence-electron chi connectivity index (χ0n) is 14.5. The SMILES string of the molecule is Cc1ccc2c(CC(=O)NC(C)(C)CC(C)(C)C)coc2c1. The van der Waals surface area contributed by atoms with Crippen LogP contribution in [0.25, 0.3) is 11.0 Å². The predicted molar refractivity (Wildman–Crippen MR) is 90.9 cm³/mol. The van der Waals surface area contributed by atoms with E-state index in [1.807, 2.05) is 25.1 Å². The molecule has 120 valence electrons. The van der Waals surface area contributed by atoms with Crippen LogP contribution >= 0.6 is 0 Å². The second-order valence-corrected chi connectivity index (χ2v) is 8.11. The van der Waals surface area contributed by atoms with Gasteiger partial charge in [0.15, 0.2) is 0 Å². The summed E-state index contributed by atoms with van der Waals surface area (Å²) in [4.78, 5) is 12.4. The number of benzene rings is 1. The molecule has 1 aromatic carbocycles. The second-order valence-electron chi connectivity index (χ2n) is 8.11. The van der Waals surface area contributed by atoms with Crippen molar-refractivity contribution in [3.05, 3.63) is 35.6 Å². The van der Waals surface area contributed by atoms with Crippen LogP contribution in [0.2, 0.25) is 0 Å². The van der Waals surface area contributed by atoms with Gasteiger partial charge in [-0.15, -0.1) is 0 Å². The van der Waals surface area contributed by atoms with Crippen molar-refractivity contribution < 1.29 is 9.21 Å². The maximum absolute atomic E-state index is 12.4. The lowest BCUT2D eigenvalue weighted by Crippen LogP contribution is -2.46. The molecule has 1 N–H and O–H groups in total. The fourth-order valence-electron chi connectivity index (χ4n) is 3.29. The Bertz CT molecular complexity index is 674. The summed E-state index contributed by atoms with van der Waals surface area (Å²) in [5.74, 6) is 0.0394. The van der Waals surface area contributed by atoms with E-state index in [0.717, 1.165) is 28.5 Å². The molecule has 1 amide bonds. The third-order valence-electron chi connectivity index (χ3n) is 3.61. The topological polar surface area (TPSA) is 42.2 Å². The number of nitrogens with one attached hydrogen (secondary N) is 1. The van der Waals surface area contributed by atoms with E-state index in [2.05, 4.69) is 39.9 Å². The molecule has 3 heteroatoms. The summed E-state index contributed by atoms with van der Waals surface area (Å²) >= 11 is 0. The van der Waals surface area contributed by atoms with Crippen LogP contribution in [0.1, 0.15) is 52.2 Å². The summed E-state index contributed by atoms with van der Waals surface area (Å²) in [6, 6.07) is 6.07. The minimum absolute atomic E-state index is 0.0394. The largest absolute Gasteiger partial charge is 0.464 e. The monoisotopic (exact) mass is 301 g/mol. The number of rotatable bonds is 4. The van der Waals surface area contributed by atoms with E-state index < -0.39 is 0 Å². The van der Waals surface area contributed by atoms with Gasteiger partial charge in [-0.05, 0) is 44.2 Å². The number of hydrogen-bond donors (Lipinski definition) is 1. The molecule has 2 rings (SSSR count). The molecule has 1 aromatic heterocycles. The fraction of sp³-hybridized carbons (Fsp3) is 0.526. The van der Waals surface area contributed by atoms with Crippen molar-refractivity contribution in [2.75, 3.05) is 0 Å². The number of hydrogen-bond acceptors (Lipinski definition) is 2. The summed E-state index contributed by atoms with van der Waals surface area (Å²) < 4.78 is 5.56. The van der Waals surface area contributed by atoms with Crippen molar-refractivity contribution in [3.63, 3.8) is 0 Å². The van der Waals surface area contributed by atoms with Crippen LogP contribution in [0.5, 0.6) is 0 Å². The normalized spacial score (nSPS) is 12.6. The van der Waals surface area contributed by atoms with Crippen LogP contribution in [-0.4, -0.2) is 11.4 Å². The lowest BCUT2D eigenvalue weighted by Gasteiger charge is -2.33. The van der Waals surface area contributed by atoms with E-state index in [1.54, 1.807) is 6.26 Å². The zero-order valence-corrected chi connectivity index (χ0v) is 14.5. The molecule has 0 aliphatic carbocycles. The van der Waals surface area contributed by atoms with Gasteiger partial charge in [-0.3, -0.25) is 4.79 Å². The van der Waals surface area contributed by atoms with Crippen molar-refractivity contribution in [1.29, 1.82) is 0 Å². The Labute approximate surface area is 133 Å². The van der Waals surface area contributed by atoms with Gasteiger partial charge in [0.1, 0.15) is 5.58 Å². The average Bonchev–Trinajstić information content (AvgIpc) is 2.67. The minimum Gasteiger partial charge on any atom is -0.464 e. The van der Waals surface area contributed by atoms with E-state index >= 15 is 0 Å². The molecule has 0 saturated heterocycles. The molecule has 0 fully saturated rings. The van der Waals surface area contributed by atoms with Crippen molar-refractivity contribution in [2.45, 2.75) is 59.9 Å². The van der Waals surface area contributed by atoms with E-state index in [9.17, 15) is 4.79 Å². The first-order valence-electron chi connectivity index (χ1n) is 7.83. The number of carbonyl (C=O) groups excluding carboxylic acids is 1. The predicted octanol–water partition coefficient (Wildman–Crippen LogP) is 4.61. The summed E-state index contributed by atoms with van der Waals surface area (Å²) in [5.41, 5.74) is 2.90. The summed E-state index contributed by atoms with van der Waals surface area (Å²) in [5, 5.41) is 4.17. The lowest BCUT2D eigenvalue weighted by atomic mass is 9.81. The Hall–Kier alpha value is -1.77. The third kappa shape index (κ3) is 4.36. The van der Waals surface area contributed by atoms with Crippen LogP contribution in [0, 0.1) is 12.3 Å². The first kappa shape index (κ1) is 16.6. The molecule has 0 spiro atoms. The maximum atomic E-state index is 12.4. The minimum atomic E-state index is -0.217. The second kappa shape index (κ2) is 5.79. The molecule has 0 aliphatic heterocycles. The Kier molecular flexibility index (Phi) is 4.37.